The van der Waals surface area contributed by atoms with Gasteiger partial charge in [-0.25, -0.2) is 4.79 Å². The predicted molar refractivity (Wildman–Crippen MR) is 79.1 cm³/mol. The van der Waals surface area contributed by atoms with Crippen molar-refractivity contribution >= 4 is 34.9 Å². The van der Waals surface area contributed by atoms with E-state index in [1.807, 2.05) is 11.8 Å². The van der Waals surface area contributed by atoms with Gasteiger partial charge < -0.3 is 15.5 Å². The Bertz CT molecular complexity index is 441. The Morgan fingerprint density at radius 1 is 1.42 bits per heavy atom. The van der Waals surface area contributed by atoms with E-state index >= 15 is 0 Å². The fraction of sp³-hybridized carbons (Fsp3) is 0.462. The van der Waals surface area contributed by atoms with Crippen LogP contribution >= 0.6 is 23.2 Å². The van der Waals surface area contributed by atoms with E-state index in [2.05, 4.69) is 10.6 Å². The second-order valence-corrected chi connectivity index (χ2v) is 5.39. The Morgan fingerprint density at radius 2 is 2.11 bits per heavy atom. The molecule has 1 aliphatic rings. The third-order valence-electron chi connectivity index (χ3n) is 3.19. The molecule has 0 aliphatic carbocycles. The summed E-state index contributed by atoms with van der Waals surface area (Å²) in [5, 5.41) is 7.12. The molecule has 1 fully saturated rings. The molecule has 2 rings (SSSR count). The molecule has 1 aromatic rings. The zero-order valence-corrected chi connectivity index (χ0v) is 12.3. The van der Waals surface area contributed by atoms with Crippen molar-refractivity contribution in [2.75, 3.05) is 25.0 Å². The van der Waals surface area contributed by atoms with E-state index in [1.165, 1.54) is 0 Å². The van der Waals surface area contributed by atoms with Gasteiger partial charge in [0.2, 0.25) is 0 Å². The molecule has 104 valence electrons. The van der Waals surface area contributed by atoms with E-state index in [4.69, 9.17) is 23.2 Å². The topological polar surface area (TPSA) is 44.4 Å². The fourth-order valence-electron chi connectivity index (χ4n) is 2.29. The van der Waals surface area contributed by atoms with E-state index in [0.29, 0.717) is 22.3 Å². The number of likely N-dealkylation sites (N-methyl/N-ethyl adjacent to an activating group) is 1. The van der Waals surface area contributed by atoms with Gasteiger partial charge in [0.1, 0.15) is 0 Å². The molecule has 0 radical (unpaired) electrons. The van der Waals surface area contributed by atoms with Crippen molar-refractivity contribution in [1.82, 2.24) is 10.2 Å². The number of halogens is 2. The van der Waals surface area contributed by atoms with Crippen molar-refractivity contribution in [3.05, 3.63) is 28.2 Å². The number of rotatable bonds is 3. The minimum absolute atomic E-state index is 0.116. The fourth-order valence-corrected chi connectivity index (χ4v) is 2.82. The third-order valence-corrected chi connectivity index (χ3v) is 3.63. The first-order chi connectivity index (χ1) is 9.10. The second kappa shape index (κ2) is 6.46. The number of urea groups is 1. The summed E-state index contributed by atoms with van der Waals surface area (Å²) in [6.45, 7) is 4.45. The molecule has 0 aromatic heterocycles. The zero-order chi connectivity index (χ0) is 13.8. The summed E-state index contributed by atoms with van der Waals surface area (Å²) in [7, 11) is 0. The highest BCUT2D eigenvalue weighted by atomic mass is 35.5. The summed E-state index contributed by atoms with van der Waals surface area (Å²) >= 11 is 11.8. The largest absolute Gasteiger partial charge is 0.322 e. The van der Waals surface area contributed by atoms with Gasteiger partial charge in [-0.1, -0.05) is 23.2 Å². The van der Waals surface area contributed by atoms with Crippen molar-refractivity contribution in [3.8, 4) is 0 Å². The Kier molecular flexibility index (Phi) is 4.91. The van der Waals surface area contributed by atoms with E-state index in [-0.39, 0.29) is 12.1 Å². The lowest BCUT2D eigenvalue weighted by Crippen LogP contribution is -2.43. The van der Waals surface area contributed by atoms with E-state index in [0.717, 1.165) is 19.5 Å². The first-order valence-electron chi connectivity index (χ1n) is 6.34. The molecule has 1 unspecified atom stereocenters. The van der Waals surface area contributed by atoms with Gasteiger partial charge in [-0.2, -0.15) is 0 Å². The van der Waals surface area contributed by atoms with Crippen molar-refractivity contribution < 1.29 is 4.79 Å². The predicted octanol–water partition coefficient (Wildman–Crippen LogP) is 3.21. The van der Waals surface area contributed by atoms with Gasteiger partial charge in [0.25, 0.3) is 0 Å². The van der Waals surface area contributed by atoms with Crippen LogP contribution in [0, 0.1) is 0 Å². The minimum Gasteiger partial charge on any atom is -0.321 e. The third kappa shape index (κ3) is 3.75. The van der Waals surface area contributed by atoms with Crippen molar-refractivity contribution in [2.45, 2.75) is 19.4 Å². The number of hydrogen-bond acceptors (Lipinski definition) is 2. The van der Waals surface area contributed by atoms with Crippen LogP contribution in [0.2, 0.25) is 10.0 Å². The van der Waals surface area contributed by atoms with Crippen LogP contribution < -0.4 is 10.6 Å². The number of carbonyl (C=O) groups excluding carboxylic acids is 1. The van der Waals surface area contributed by atoms with Crippen LogP contribution in [0.15, 0.2) is 18.2 Å². The normalized spacial score (nSPS) is 18.4. The van der Waals surface area contributed by atoms with Crippen molar-refractivity contribution in [1.29, 1.82) is 0 Å². The Labute approximate surface area is 123 Å². The SMILES string of the molecule is CCN(C(=O)Nc1cc(Cl)cc(Cl)c1)C1CCNC1. The van der Waals surface area contributed by atoms with Gasteiger partial charge in [-0.15, -0.1) is 0 Å². The molecule has 1 atom stereocenters. The first-order valence-corrected chi connectivity index (χ1v) is 7.10. The number of anilines is 1. The van der Waals surface area contributed by atoms with Crippen LogP contribution in [-0.2, 0) is 0 Å². The Balaban J connectivity index is 2.06. The van der Waals surface area contributed by atoms with Crippen LogP contribution in [-0.4, -0.2) is 36.6 Å². The summed E-state index contributed by atoms with van der Waals surface area (Å²) in [6, 6.07) is 5.14. The highest BCUT2D eigenvalue weighted by Gasteiger charge is 2.25. The number of benzene rings is 1. The molecular formula is C13H17Cl2N3O. The standard InChI is InChI=1S/C13H17Cl2N3O/c1-2-18(12-3-4-16-8-12)13(19)17-11-6-9(14)5-10(15)7-11/h5-7,12,16H,2-4,8H2,1H3,(H,17,19). The lowest BCUT2D eigenvalue weighted by molar-refractivity contribution is 0.196. The lowest BCUT2D eigenvalue weighted by atomic mass is 10.2. The van der Waals surface area contributed by atoms with Crippen molar-refractivity contribution in [2.24, 2.45) is 0 Å². The quantitative estimate of drug-likeness (QED) is 0.900. The molecule has 1 saturated heterocycles. The summed E-state index contributed by atoms with van der Waals surface area (Å²) in [6.07, 6.45) is 0.984. The average molecular weight is 302 g/mol. The lowest BCUT2D eigenvalue weighted by Gasteiger charge is -2.27. The van der Waals surface area contributed by atoms with Gasteiger partial charge in [0, 0.05) is 34.9 Å². The molecular weight excluding hydrogens is 285 g/mol. The average Bonchev–Trinajstić information content (AvgIpc) is 2.82. The van der Waals surface area contributed by atoms with Gasteiger partial charge in [0.15, 0.2) is 0 Å². The summed E-state index contributed by atoms with van der Waals surface area (Å²) in [5.41, 5.74) is 0.618. The van der Waals surface area contributed by atoms with Crippen LogP contribution in [0.3, 0.4) is 0 Å². The van der Waals surface area contributed by atoms with Gasteiger partial charge in [0.05, 0.1) is 0 Å². The highest BCUT2D eigenvalue weighted by molar-refractivity contribution is 6.35. The summed E-state index contributed by atoms with van der Waals surface area (Å²) < 4.78 is 0. The molecule has 1 aliphatic heterocycles. The molecule has 4 nitrogen and oxygen atoms in total. The summed E-state index contributed by atoms with van der Waals surface area (Å²) in [4.78, 5) is 14.1. The number of amides is 2. The molecule has 2 amide bonds. The smallest absolute Gasteiger partial charge is 0.321 e. The molecule has 2 N–H and O–H groups in total. The molecule has 19 heavy (non-hydrogen) atoms. The maximum absolute atomic E-state index is 12.3. The molecule has 0 saturated carbocycles. The van der Waals surface area contributed by atoms with Crippen molar-refractivity contribution in [3.63, 3.8) is 0 Å². The monoisotopic (exact) mass is 301 g/mol. The zero-order valence-electron chi connectivity index (χ0n) is 10.7. The Morgan fingerprint density at radius 3 is 2.63 bits per heavy atom. The molecule has 0 bridgehead atoms. The minimum atomic E-state index is -0.116. The first kappa shape index (κ1) is 14.4. The van der Waals surface area contributed by atoms with Gasteiger partial charge in [-0.3, -0.25) is 0 Å². The maximum atomic E-state index is 12.3. The number of carbonyl (C=O) groups is 1. The number of hydrogen-bond donors (Lipinski definition) is 2. The van der Waals surface area contributed by atoms with E-state index < -0.39 is 0 Å². The molecule has 1 heterocycles. The van der Waals surface area contributed by atoms with Gasteiger partial charge >= 0.3 is 6.03 Å². The highest BCUT2D eigenvalue weighted by Crippen LogP contribution is 2.23. The number of nitrogens with one attached hydrogen (secondary N) is 2. The van der Waals surface area contributed by atoms with Crippen LogP contribution in [0.1, 0.15) is 13.3 Å². The van der Waals surface area contributed by atoms with Gasteiger partial charge in [-0.05, 0) is 38.1 Å². The maximum Gasteiger partial charge on any atom is 0.322 e. The molecule has 1 aromatic carbocycles. The second-order valence-electron chi connectivity index (χ2n) is 4.52. The van der Waals surface area contributed by atoms with E-state index in [9.17, 15) is 4.79 Å². The number of nitrogens with zero attached hydrogens (tertiary/aromatic N) is 1. The van der Waals surface area contributed by atoms with Crippen LogP contribution in [0.4, 0.5) is 10.5 Å². The van der Waals surface area contributed by atoms with Crippen LogP contribution in [0.5, 0.6) is 0 Å². The molecule has 0 spiro atoms. The summed E-state index contributed by atoms with van der Waals surface area (Å²) in [5.74, 6) is 0. The van der Waals surface area contributed by atoms with E-state index in [1.54, 1.807) is 18.2 Å². The molecule has 6 heteroatoms. The Hall–Kier alpha value is -0.970. The van der Waals surface area contributed by atoms with Crippen LogP contribution in [0.25, 0.3) is 0 Å².